The van der Waals surface area contributed by atoms with E-state index >= 15 is 0 Å². The van der Waals surface area contributed by atoms with Crippen LogP contribution in [0.5, 0.6) is 0 Å². The molecule has 0 unspecified atom stereocenters. The molecular weight excluding hydrogens is 274 g/mol. The minimum absolute atomic E-state index is 0.0325. The molecule has 0 bridgehead atoms. The lowest BCUT2D eigenvalue weighted by molar-refractivity contribution is 0.0502. The van der Waals surface area contributed by atoms with Gasteiger partial charge in [-0.2, -0.15) is 0 Å². The number of fused-ring (bicyclic) bond motifs is 4. The highest BCUT2D eigenvalue weighted by molar-refractivity contribution is 5.42. The molecule has 3 nitrogen and oxygen atoms in total. The first-order chi connectivity index (χ1) is 10.4. The Morgan fingerprint density at radius 3 is 2.59 bits per heavy atom. The van der Waals surface area contributed by atoms with E-state index in [-0.39, 0.29) is 29.1 Å². The fourth-order valence-electron chi connectivity index (χ4n) is 5.99. The van der Waals surface area contributed by atoms with Crippen molar-refractivity contribution in [1.29, 1.82) is 0 Å². The molecule has 0 spiro atoms. The van der Waals surface area contributed by atoms with Crippen molar-refractivity contribution in [3.05, 3.63) is 22.8 Å². The van der Waals surface area contributed by atoms with Crippen LogP contribution in [0.25, 0.3) is 0 Å². The second-order valence-electron chi connectivity index (χ2n) is 8.52. The Morgan fingerprint density at radius 1 is 1.09 bits per heavy atom. The summed E-state index contributed by atoms with van der Waals surface area (Å²) in [6, 6.07) is 0.0783. The summed E-state index contributed by atoms with van der Waals surface area (Å²) in [5.74, 6) is 0.517. The number of rotatable bonds is 0. The van der Waals surface area contributed by atoms with E-state index in [1.807, 2.05) is 0 Å². The molecule has 4 N–H and O–H groups in total. The lowest BCUT2D eigenvalue weighted by Gasteiger charge is -2.54. The highest BCUT2D eigenvalue weighted by Gasteiger charge is 2.54. The molecule has 4 aliphatic rings. The van der Waals surface area contributed by atoms with E-state index in [0.29, 0.717) is 5.92 Å². The minimum Gasteiger partial charge on any atom is -0.392 e. The number of hydrogen-bond donors (Lipinski definition) is 3. The molecule has 0 radical (unpaired) electrons. The van der Waals surface area contributed by atoms with Crippen LogP contribution >= 0.6 is 0 Å². The van der Waals surface area contributed by atoms with E-state index in [1.165, 1.54) is 16.7 Å². The van der Waals surface area contributed by atoms with E-state index in [2.05, 4.69) is 19.9 Å². The predicted octanol–water partition coefficient (Wildman–Crippen LogP) is 2.67. The molecule has 22 heavy (non-hydrogen) atoms. The monoisotopic (exact) mass is 303 g/mol. The molecule has 122 valence electrons. The molecule has 6 atom stereocenters. The average molecular weight is 303 g/mol. The summed E-state index contributed by atoms with van der Waals surface area (Å²) in [5, 5.41) is 20.5. The van der Waals surface area contributed by atoms with E-state index in [0.717, 1.165) is 44.9 Å². The highest BCUT2D eigenvalue weighted by Crippen LogP contribution is 2.62. The third-order valence-electron chi connectivity index (χ3n) is 7.46. The van der Waals surface area contributed by atoms with Crippen molar-refractivity contribution in [1.82, 2.24) is 0 Å². The van der Waals surface area contributed by atoms with Gasteiger partial charge in [0, 0.05) is 11.5 Å². The van der Waals surface area contributed by atoms with Gasteiger partial charge in [-0.25, -0.2) is 0 Å². The summed E-state index contributed by atoms with van der Waals surface area (Å²) in [6.45, 7) is 4.63. The first kappa shape index (κ1) is 14.9. The van der Waals surface area contributed by atoms with Gasteiger partial charge in [-0.1, -0.05) is 31.1 Å². The Bertz CT molecular complexity index is 566. The van der Waals surface area contributed by atoms with Crippen molar-refractivity contribution in [3.63, 3.8) is 0 Å². The van der Waals surface area contributed by atoms with Crippen molar-refractivity contribution in [2.24, 2.45) is 22.5 Å². The quantitative estimate of drug-likeness (QED) is 0.603. The summed E-state index contributed by atoms with van der Waals surface area (Å²) < 4.78 is 0. The number of hydrogen-bond acceptors (Lipinski definition) is 3. The number of aliphatic hydroxyl groups excluding tert-OH is 2. The third kappa shape index (κ3) is 1.79. The van der Waals surface area contributed by atoms with Gasteiger partial charge < -0.3 is 15.9 Å². The Kier molecular flexibility index (Phi) is 3.18. The van der Waals surface area contributed by atoms with Gasteiger partial charge in [0.15, 0.2) is 0 Å². The minimum atomic E-state index is -0.286. The van der Waals surface area contributed by atoms with Crippen LogP contribution in [0.2, 0.25) is 0 Å². The van der Waals surface area contributed by atoms with Gasteiger partial charge in [-0.15, -0.1) is 0 Å². The van der Waals surface area contributed by atoms with Gasteiger partial charge >= 0.3 is 0 Å². The zero-order valence-corrected chi connectivity index (χ0v) is 13.8. The SMILES string of the molecule is C[C@]12CC[C@H]3C(=C1CC[C@@H]2O)[C@@H](N)CC1=C[C@@H](O)CC[C@@]13C. The van der Waals surface area contributed by atoms with Crippen LogP contribution in [0.15, 0.2) is 22.8 Å². The highest BCUT2D eigenvalue weighted by atomic mass is 16.3. The Hall–Kier alpha value is -0.640. The van der Waals surface area contributed by atoms with Crippen LogP contribution in [0.1, 0.15) is 58.8 Å². The lowest BCUT2D eigenvalue weighted by atomic mass is 9.51. The summed E-state index contributed by atoms with van der Waals surface area (Å²) in [5.41, 5.74) is 11.1. The first-order valence-electron chi connectivity index (χ1n) is 8.92. The van der Waals surface area contributed by atoms with Crippen molar-refractivity contribution in [2.45, 2.75) is 77.0 Å². The zero-order valence-electron chi connectivity index (χ0n) is 13.8. The van der Waals surface area contributed by atoms with Gasteiger partial charge in [0.2, 0.25) is 0 Å². The molecule has 0 aromatic carbocycles. The van der Waals surface area contributed by atoms with Gasteiger partial charge in [0.1, 0.15) is 0 Å². The summed E-state index contributed by atoms with van der Waals surface area (Å²) >= 11 is 0. The molecule has 0 saturated heterocycles. The fourth-order valence-corrected chi connectivity index (χ4v) is 5.99. The molecule has 0 aliphatic heterocycles. The molecule has 0 heterocycles. The van der Waals surface area contributed by atoms with Crippen LogP contribution in [-0.4, -0.2) is 28.5 Å². The summed E-state index contributed by atoms with van der Waals surface area (Å²) in [4.78, 5) is 0. The van der Waals surface area contributed by atoms with Crippen molar-refractivity contribution in [2.75, 3.05) is 0 Å². The maximum atomic E-state index is 10.5. The smallest absolute Gasteiger partial charge is 0.0724 e. The normalized spacial score (nSPS) is 51.0. The molecular formula is C19H29NO2. The van der Waals surface area contributed by atoms with E-state index < -0.39 is 0 Å². The molecule has 4 aliphatic carbocycles. The lowest BCUT2D eigenvalue weighted by Crippen LogP contribution is -2.50. The standard InChI is InChI=1S/C19H29NO2/c1-18-7-5-12(21)9-11(18)10-15(20)17-13-3-4-16(22)19(13,2)8-6-14(17)18/h9,12,14-16,21-22H,3-8,10,20H2,1-2H3/t12-,14-,15-,16-,18-,19-/m0/s1. The topological polar surface area (TPSA) is 66.5 Å². The summed E-state index contributed by atoms with van der Waals surface area (Å²) in [6.07, 6.45) is 8.55. The molecule has 0 aromatic rings. The second kappa shape index (κ2) is 4.68. The molecule has 2 fully saturated rings. The third-order valence-corrected chi connectivity index (χ3v) is 7.46. The maximum absolute atomic E-state index is 10.5. The van der Waals surface area contributed by atoms with Crippen LogP contribution in [0.4, 0.5) is 0 Å². The van der Waals surface area contributed by atoms with Gasteiger partial charge in [0.25, 0.3) is 0 Å². The largest absolute Gasteiger partial charge is 0.392 e. The van der Waals surface area contributed by atoms with Crippen LogP contribution in [0.3, 0.4) is 0 Å². The number of nitrogens with two attached hydrogens (primary N) is 1. The van der Waals surface area contributed by atoms with Gasteiger partial charge in [0.05, 0.1) is 12.2 Å². The molecule has 4 rings (SSSR count). The molecule has 0 amide bonds. The maximum Gasteiger partial charge on any atom is 0.0724 e. The Balaban J connectivity index is 1.83. The predicted molar refractivity (Wildman–Crippen MR) is 87.1 cm³/mol. The molecule has 2 saturated carbocycles. The second-order valence-corrected chi connectivity index (χ2v) is 8.52. The fraction of sp³-hybridized carbons (Fsp3) is 0.789. The number of aliphatic hydroxyl groups is 2. The van der Waals surface area contributed by atoms with Crippen LogP contribution < -0.4 is 5.73 Å². The Labute approximate surface area is 133 Å². The van der Waals surface area contributed by atoms with Gasteiger partial charge in [-0.3, -0.25) is 0 Å². The van der Waals surface area contributed by atoms with Gasteiger partial charge in [-0.05, 0) is 61.9 Å². The molecule has 0 aromatic heterocycles. The van der Waals surface area contributed by atoms with Crippen LogP contribution in [-0.2, 0) is 0 Å². The van der Waals surface area contributed by atoms with Crippen molar-refractivity contribution < 1.29 is 10.2 Å². The Morgan fingerprint density at radius 2 is 1.82 bits per heavy atom. The molecule has 3 heteroatoms. The van der Waals surface area contributed by atoms with Crippen molar-refractivity contribution in [3.8, 4) is 0 Å². The van der Waals surface area contributed by atoms with E-state index in [4.69, 9.17) is 5.73 Å². The van der Waals surface area contributed by atoms with E-state index in [9.17, 15) is 10.2 Å². The van der Waals surface area contributed by atoms with E-state index in [1.54, 1.807) is 0 Å². The van der Waals surface area contributed by atoms with Crippen LogP contribution in [0, 0.1) is 16.7 Å². The van der Waals surface area contributed by atoms with Crippen molar-refractivity contribution >= 4 is 0 Å². The zero-order chi connectivity index (χ0) is 15.7. The first-order valence-corrected chi connectivity index (χ1v) is 8.92. The summed E-state index contributed by atoms with van der Waals surface area (Å²) in [7, 11) is 0. The average Bonchev–Trinajstić information content (AvgIpc) is 2.77.